The van der Waals surface area contributed by atoms with Crippen molar-refractivity contribution >= 4 is 5.91 Å². The average molecular weight is 437 g/mol. The maximum Gasteiger partial charge on any atom is 0.227 e. The topological polar surface area (TPSA) is 42.0 Å². The molecule has 2 aromatic carbocycles. The summed E-state index contributed by atoms with van der Waals surface area (Å²) in [7, 11) is 3.30. The van der Waals surface area contributed by atoms with Crippen molar-refractivity contribution in [2.45, 2.75) is 39.0 Å². The molecule has 0 spiro atoms. The minimum absolute atomic E-state index is 0.229. The summed E-state index contributed by atoms with van der Waals surface area (Å²) in [6.45, 7) is 7.13. The number of likely N-dealkylation sites (tertiary alicyclic amines) is 1. The van der Waals surface area contributed by atoms with Crippen LogP contribution in [-0.2, 0) is 24.1 Å². The van der Waals surface area contributed by atoms with E-state index in [1.807, 2.05) is 12.1 Å². The van der Waals surface area contributed by atoms with E-state index >= 15 is 0 Å². The molecule has 172 valence electrons. The van der Waals surface area contributed by atoms with E-state index in [-0.39, 0.29) is 5.91 Å². The lowest BCUT2D eigenvalue weighted by Crippen LogP contribution is -2.44. The Kier molecular flexibility index (Phi) is 7.36. The molecular formula is C27H36N2O3. The Hall–Kier alpha value is -2.53. The van der Waals surface area contributed by atoms with E-state index in [2.05, 4.69) is 41.0 Å². The van der Waals surface area contributed by atoms with Crippen molar-refractivity contribution < 1.29 is 14.3 Å². The summed E-state index contributed by atoms with van der Waals surface area (Å²) in [5, 5.41) is 0. The molecule has 32 heavy (non-hydrogen) atoms. The number of hydrogen-bond donors (Lipinski definition) is 0. The lowest BCUT2D eigenvalue weighted by molar-refractivity contribution is -0.131. The second kappa shape index (κ2) is 10.4. The molecule has 2 aromatic rings. The zero-order chi connectivity index (χ0) is 22.5. The molecule has 5 nitrogen and oxygen atoms in total. The summed E-state index contributed by atoms with van der Waals surface area (Å²) >= 11 is 0. The number of benzene rings is 2. The number of carbonyl (C=O) groups is 1. The van der Waals surface area contributed by atoms with Gasteiger partial charge in [-0.05, 0) is 73.9 Å². The molecule has 1 atom stereocenters. The van der Waals surface area contributed by atoms with E-state index in [1.54, 1.807) is 14.2 Å². The standard InChI is InChI=1S/C27H36N2O3/c1-20-6-8-21(9-7-20)10-13-28-12-4-5-22(18-28)19-29-14-11-23-15-25(31-2)26(32-3)16-24(23)17-27(29)30/h6-9,15-16,22H,4-5,10-14,17-19H2,1-3H3. The van der Waals surface area contributed by atoms with E-state index in [1.165, 1.54) is 36.1 Å². The van der Waals surface area contributed by atoms with Gasteiger partial charge in [-0.1, -0.05) is 29.8 Å². The van der Waals surface area contributed by atoms with Crippen LogP contribution in [0.25, 0.3) is 0 Å². The Bertz CT molecular complexity index is 925. The number of aryl methyl sites for hydroxylation is 1. The predicted molar refractivity (Wildman–Crippen MR) is 128 cm³/mol. The smallest absolute Gasteiger partial charge is 0.227 e. The summed E-state index contributed by atoms with van der Waals surface area (Å²) in [6, 6.07) is 12.9. The molecule has 0 aromatic heterocycles. The van der Waals surface area contributed by atoms with Crippen molar-refractivity contribution in [3.63, 3.8) is 0 Å². The zero-order valence-electron chi connectivity index (χ0n) is 19.7. The number of piperidine rings is 1. The Morgan fingerprint density at radius 2 is 1.72 bits per heavy atom. The molecule has 0 N–H and O–H groups in total. The van der Waals surface area contributed by atoms with E-state index in [0.717, 1.165) is 50.3 Å². The highest BCUT2D eigenvalue weighted by molar-refractivity contribution is 5.80. The van der Waals surface area contributed by atoms with Gasteiger partial charge >= 0.3 is 0 Å². The molecule has 2 aliphatic heterocycles. The van der Waals surface area contributed by atoms with Crippen LogP contribution >= 0.6 is 0 Å². The highest BCUT2D eigenvalue weighted by Crippen LogP contribution is 2.32. The minimum Gasteiger partial charge on any atom is -0.493 e. The van der Waals surface area contributed by atoms with Crippen molar-refractivity contribution in [3.8, 4) is 11.5 Å². The van der Waals surface area contributed by atoms with Gasteiger partial charge < -0.3 is 19.3 Å². The number of methoxy groups -OCH3 is 2. The van der Waals surface area contributed by atoms with Gasteiger partial charge in [0.25, 0.3) is 0 Å². The maximum atomic E-state index is 13.1. The maximum absolute atomic E-state index is 13.1. The first-order valence-corrected chi connectivity index (χ1v) is 11.8. The van der Waals surface area contributed by atoms with Crippen molar-refractivity contribution in [2.24, 2.45) is 5.92 Å². The molecule has 0 radical (unpaired) electrons. The average Bonchev–Trinajstić information content (AvgIpc) is 2.96. The van der Waals surface area contributed by atoms with Gasteiger partial charge in [0, 0.05) is 26.2 Å². The predicted octanol–water partition coefficient (Wildman–Crippen LogP) is 3.89. The molecule has 1 unspecified atom stereocenters. The quantitative estimate of drug-likeness (QED) is 0.660. The van der Waals surface area contributed by atoms with Gasteiger partial charge in [-0.2, -0.15) is 0 Å². The van der Waals surface area contributed by atoms with Crippen molar-refractivity contribution in [2.75, 3.05) is 46.9 Å². The van der Waals surface area contributed by atoms with Crippen LogP contribution in [-0.4, -0.2) is 62.7 Å². The summed E-state index contributed by atoms with van der Waals surface area (Å²) in [5.41, 5.74) is 4.98. The third-order valence-corrected chi connectivity index (χ3v) is 6.97. The van der Waals surface area contributed by atoms with Gasteiger partial charge in [-0.25, -0.2) is 0 Å². The van der Waals surface area contributed by atoms with Crippen molar-refractivity contribution in [1.82, 2.24) is 9.80 Å². The van der Waals surface area contributed by atoms with Crippen LogP contribution in [0.15, 0.2) is 36.4 Å². The Balaban J connectivity index is 1.34. The lowest BCUT2D eigenvalue weighted by Gasteiger charge is -2.35. The molecule has 1 fully saturated rings. The summed E-state index contributed by atoms with van der Waals surface area (Å²) in [4.78, 5) is 17.7. The van der Waals surface area contributed by atoms with E-state index in [4.69, 9.17) is 9.47 Å². The van der Waals surface area contributed by atoms with Gasteiger partial charge in [0.15, 0.2) is 11.5 Å². The summed E-state index contributed by atoms with van der Waals surface area (Å²) in [5.74, 6) is 2.22. The van der Waals surface area contributed by atoms with Crippen LogP contribution in [0.5, 0.6) is 11.5 Å². The van der Waals surface area contributed by atoms with Crippen LogP contribution in [0, 0.1) is 12.8 Å². The molecule has 0 saturated carbocycles. The highest BCUT2D eigenvalue weighted by atomic mass is 16.5. The normalized spacial score (nSPS) is 19.4. The van der Waals surface area contributed by atoms with Crippen LogP contribution < -0.4 is 9.47 Å². The first-order chi connectivity index (χ1) is 15.6. The second-order valence-corrected chi connectivity index (χ2v) is 9.29. The molecule has 2 aliphatic rings. The fourth-order valence-corrected chi connectivity index (χ4v) is 5.07. The van der Waals surface area contributed by atoms with E-state index < -0.39 is 0 Å². The fraction of sp³-hybridized carbons (Fsp3) is 0.519. The van der Waals surface area contributed by atoms with Gasteiger partial charge in [-0.15, -0.1) is 0 Å². The first-order valence-electron chi connectivity index (χ1n) is 11.8. The molecule has 1 amide bonds. The number of fused-ring (bicyclic) bond motifs is 1. The molecule has 0 aliphatic carbocycles. The van der Waals surface area contributed by atoms with E-state index in [9.17, 15) is 4.79 Å². The van der Waals surface area contributed by atoms with Gasteiger partial charge in [0.2, 0.25) is 5.91 Å². The monoisotopic (exact) mass is 436 g/mol. The number of hydrogen-bond acceptors (Lipinski definition) is 4. The van der Waals surface area contributed by atoms with Gasteiger partial charge in [0.05, 0.1) is 20.6 Å². The number of rotatable bonds is 7. The summed E-state index contributed by atoms with van der Waals surface area (Å²) < 4.78 is 10.9. The van der Waals surface area contributed by atoms with Gasteiger partial charge in [0.1, 0.15) is 0 Å². The Morgan fingerprint density at radius 3 is 2.44 bits per heavy atom. The Morgan fingerprint density at radius 1 is 1.00 bits per heavy atom. The van der Waals surface area contributed by atoms with Crippen molar-refractivity contribution in [1.29, 1.82) is 0 Å². The molecule has 5 heteroatoms. The molecule has 1 saturated heterocycles. The van der Waals surface area contributed by atoms with Crippen LogP contribution in [0.1, 0.15) is 35.1 Å². The molecule has 4 rings (SSSR count). The van der Waals surface area contributed by atoms with Crippen LogP contribution in [0.2, 0.25) is 0 Å². The first kappa shape index (κ1) is 22.7. The zero-order valence-corrected chi connectivity index (χ0v) is 19.7. The van der Waals surface area contributed by atoms with E-state index in [0.29, 0.717) is 18.1 Å². The molecular weight excluding hydrogens is 400 g/mol. The lowest BCUT2D eigenvalue weighted by atomic mass is 9.96. The number of amides is 1. The molecule has 0 bridgehead atoms. The third-order valence-electron chi connectivity index (χ3n) is 6.97. The van der Waals surface area contributed by atoms with Gasteiger partial charge in [-0.3, -0.25) is 4.79 Å². The fourth-order valence-electron chi connectivity index (χ4n) is 5.07. The Labute approximate surface area is 192 Å². The minimum atomic E-state index is 0.229. The summed E-state index contributed by atoms with van der Waals surface area (Å²) in [6.07, 6.45) is 4.83. The number of carbonyl (C=O) groups excluding carboxylic acids is 1. The highest BCUT2D eigenvalue weighted by Gasteiger charge is 2.27. The van der Waals surface area contributed by atoms with Crippen molar-refractivity contribution in [3.05, 3.63) is 58.7 Å². The second-order valence-electron chi connectivity index (χ2n) is 9.29. The molecule has 2 heterocycles. The largest absolute Gasteiger partial charge is 0.493 e. The number of nitrogens with zero attached hydrogens (tertiary/aromatic N) is 2. The number of ether oxygens (including phenoxy) is 2. The SMILES string of the molecule is COc1cc2c(cc1OC)CC(=O)N(CC1CCCN(CCc3ccc(C)cc3)C1)CC2. The van der Waals surface area contributed by atoms with Crippen LogP contribution in [0.3, 0.4) is 0 Å². The third kappa shape index (κ3) is 5.44. The van der Waals surface area contributed by atoms with Crippen LogP contribution in [0.4, 0.5) is 0 Å².